The van der Waals surface area contributed by atoms with Gasteiger partial charge in [-0.3, -0.25) is 4.79 Å². The number of hydrogen-bond acceptors (Lipinski definition) is 3. The monoisotopic (exact) mass is 345 g/mol. The summed E-state index contributed by atoms with van der Waals surface area (Å²) in [7, 11) is 0. The maximum atomic E-state index is 12.7. The zero-order chi connectivity index (χ0) is 17.5. The smallest absolute Gasteiger partial charge is 0.223 e. The van der Waals surface area contributed by atoms with Gasteiger partial charge < -0.3 is 10.2 Å². The highest BCUT2D eigenvalue weighted by Crippen LogP contribution is 2.37. The maximum absolute atomic E-state index is 12.7. The third-order valence-corrected chi connectivity index (χ3v) is 6.88. The number of nitrogens with one attached hydrogen (secondary N) is 1. The van der Waals surface area contributed by atoms with Crippen LogP contribution in [0.4, 0.5) is 0 Å². The Labute approximate surface area is 153 Å². The van der Waals surface area contributed by atoms with Crippen molar-refractivity contribution in [2.75, 3.05) is 13.1 Å². The molecule has 1 saturated heterocycles. The molecule has 1 aliphatic heterocycles. The number of nitriles is 1. The van der Waals surface area contributed by atoms with Gasteiger partial charge in [-0.25, -0.2) is 0 Å². The summed E-state index contributed by atoms with van der Waals surface area (Å²) < 4.78 is 0. The van der Waals surface area contributed by atoms with Gasteiger partial charge in [-0.1, -0.05) is 57.8 Å². The summed E-state index contributed by atoms with van der Waals surface area (Å²) in [6, 6.07) is 0.176. The van der Waals surface area contributed by atoms with E-state index in [4.69, 9.17) is 5.26 Å². The molecule has 4 heteroatoms. The van der Waals surface area contributed by atoms with E-state index >= 15 is 0 Å². The predicted octanol–water partition coefficient (Wildman–Crippen LogP) is 4.21. The number of amides is 1. The number of rotatable bonds is 3. The molecule has 1 amide bonds. The van der Waals surface area contributed by atoms with E-state index in [1.807, 2.05) is 0 Å². The molecule has 2 saturated carbocycles. The number of nitrogens with zero attached hydrogens (tertiary/aromatic N) is 2. The van der Waals surface area contributed by atoms with Crippen molar-refractivity contribution in [2.45, 2.75) is 89.5 Å². The normalized spacial score (nSPS) is 32.3. The molecule has 0 aromatic carbocycles. The van der Waals surface area contributed by atoms with Gasteiger partial charge in [-0.15, -0.1) is 0 Å². The van der Waals surface area contributed by atoms with Gasteiger partial charge in [0.1, 0.15) is 0 Å². The fourth-order valence-corrected chi connectivity index (χ4v) is 5.31. The van der Waals surface area contributed by atoms with Crippen LogP contribution in [0.5, 0.6) is 0 Å². The largest absolute Gasteiger partial charge is 0.351 e. The summed E-state index contributed by atoms with van der Waals surface area (Å²) in [5.41, 5.74) is 0. The second kappa shape index (κ2) is 9.46. The van der Waals surface area contributed by atoms with Gasteiger partial charge in [0.05, 0.1) is 0 Å². The molecule has 3 fully saturated rings. The van der Waals surface area contributed by atoms with Crippen LogP contribution in [0.3, 0.4) is 0 Å². The average molecular weight is 346 g/mol. The topological polar surface area (TPSA) is 56.1 Å². The molecule has 1 heterocycles. The van der Waals surface area contributed by atoms with Crippen molar-refractivity contribution in [3.8, 4) is 6.19 Å². The lowest BCUT2D eigenvalue weighted by Crippen LogP contribution is -2.40. The Bertz CT molecular complexity index is 464. The Morgan fingerprint density at radius 3 is 2.16 bits per heavy atom. The van der Waals surface area contributed by atoms with Crippen molar-refractivity contribution in [3.63, 3.8) is 0 Å². The first-order valence-corrected chi connectivity index (χ1v) is 10.7. The van der Waals surface area contributed by atoms with E-state index in [0.717, 1.165) is 37.6 Å². The second-order valence-electron chi connectivity index (χ2n) is 8.61. The first kappa shape index (κ1) is 18.5. The van der Waals surface area contributed by atoms with Gasteiger partial charge in [0, 0.05) is 25.0 Å². The molecule has 140 valence electrons. The van der Waals surface area contributed by atoms with Crippen molar-refractivity contribution >= 4 is 5.91 Å². The van der Waals surface area contributed by atoms with Crippen LogP contribution >= 0.6 is 0 Å². The van der Waals surface area contributed by atoms with Crippen molar-refractivity contribution in [3.05, 3.63) is 0 Å². The molecular formula is C21H35N3O. The number of hydrogen-bond donors (Lipinski definition) is 1. The van der Waals surface area contributed by atoms with Gasteiger partial charge in [0.2, 0.25) is 5.91 Å². The van der Waals surface area contributed by atoms with Crippen LogP contribution in [-0.2, 0) is 4.79 Å². The zero-order valence-corrected chi connectivity index (χ0v) is 15.7. The zero-order valence-electron chi connectivity index (χ0n) is 15.7. The Balaban J connectivity index is 1.49. The lowest BCUT2D eigenvalue weighted by atomic mass is 9.76. The van der Waals surface area contributed by atoms with E-state index in [9.17, 15) is 4.79 Å². The Kier molecular flexibility index (Phi) is 7.02. The van der Waals surface area contributed by atoms with E-state index in [1.165, 1.54) is 64.2 Å². The molecule has 1 N–H and O–H groups in total. The molecule has 2 unspecified atom stereocenters. The molecule has 0 radical (unpaired) electrons. The lowest BCUT2D eigenvalue weighted by molar-refractivity contribution is -0.126. The van der Waals surface area contributed by atoms with E-state index in [2.05, 4.69) is 11.5 Å². The average Bonchev–Trinajstić information content (AvgIpc) is 2.87. The number of likely N-dealkylation sites (tertiary alicyclic amines) is 1. The van der Waals surface area contributed by atoms with Crippen LogP contribution in [-0.4, -0.2) is 29.9 Å². The van der Waals surface area contributed by atoms with Crippen LogP contribution in [0.2, 0.25) is 0 Å². The first-order chi connectivity index (χ1) is 12.3. The Morgan fingerprint density at radius 2 is 1.48 bits per heavy atom. The molecule has 3 atom stereocenters. The summed E-state index contributed by atoms with van der Waals surface area (Å²) >= 11 is 0. The summed E-state index contributed by atoms with van der Waals surface area (Å²) in [6.07, 6.45) is 18.9. The summed E-state index contributed by atoms with van der Waals surface area (Å²) in [5, 5.41) is 12.2. The predicted molar refractivity (Wildman–Crippen MR) is 99.6 cm³/mol. The first-order valence-electron chi connectivity index (χ1n) is 10.7. The molecular weight excluding hydrogens is 310 g/mol. The van der Waals surface area contributed by atoms with Gasteiger partial charge in [-0.05, 0) is 37.5 Å². The molecule has 0 bridgehead atoms. The van der Waals surface area contributed by atoms with Gasteiger partial charge >= 0.3 is 0 Å². The quantitative estimate of drug-likeness (QED) is 0.615. The highest BCUT2D eigenvalue weighted by molar-refractivity contribution is 5.79. The van der Waals surface area contributed by atoms with E-state index in [0.29, 0.717) is 6.54 Å². The van der Waals surface area contributed by atoms with E-state index < -0.39 is 0 Å². The molecule has 3 rings (SSSR count). The minimum atomic E-state index is 0.176. The molecule has 25 heavy (non-hydrogen) atoms. The third kappa shape index (κ3) is 5.36. The fourth-order valence-electron chi connectivity index (χ4n) is 5.31. The third-order valence-electron chi connectivity index (χ3n) is 6.88. The molecule has 0 aromatic rings. The lowest BCUT2D eigenvalue weighted by Gasteiger charge is -2.30. The molecule has 0 aromatic heterocycles. The highest BCUT2D eigenvalue weighted by atomic mass is 16.1. The van der Waals surface area contributed by atoms with E-state index in [1.54, 1.807) is 4.90 Å². The highest BCUT2D eigenvalue weighted by Gasteiger charge is 2.30. The molecule has 3 aliphatic rings. The molecule has 0 spiro atoms. The van der Waals surface area contributed by atoms with Crippen LogP contribution in [0.25, 0.3) is 0 Å². The molecule has 4 nitrogen and oxygen atoms in total. The van der Waals surface area contributed by atoms with Crippen molar-refractivity contribution < 1.29 is 4.79 Å². The minimum absolute atomic E-state index is 0.176. The van der Waals surface area contributed by atoms with Crippen molar-refractivity contribution in [2.24, 2.45) is 17.8 Å². The van der Waals surface area contributed by atoms with Gasteiger partial charge in [0.15, 0.2) is 6.19 Å². The maximum Gasteiger partial charge on any atom is 0.223 e. The fraction of sp³-hybridized carbons (Fsp3) is 0.905. The van der Waals surface area contributed by atoms with E-state index in [-0.39, 0.29) is 17.9 Å². The van der Waals surface area contributed by atoms with Crippen LogP contribution in [0.1, 0.15) is 83.5 Å². The van der Waals surface area contributed by atoms with Crippen LogP contribution in [0, 0.1) is 29.2 Å². The number of carbonyl (C=O) groups excluding carboxylic acids is 1. The van der Waals surface area contributed by atoms with Gasteiger partial charge in [0.25, 0.3) is 0 Å². The summed E-state index contributed by atoms with van der Waals surface area (Å²) in [6.45, 7) is 1.48. The molecule has 2 aliphatic carbocycles. The minimum Gasteiger partial charge on any atom is -0.351 e. The van der Waals surface area contributed by atoms with Crippen LogP contribution < -0.4 is 5.32 Å². The summed E-state index contributed by atoms with van der Waals surface area (Å²) in [4.78, 5) is 14.5. The Hall–Kier alpha value is -1.24. The second-order valence-corrected chi connectivity index (χ2v) is 8.61. The Morgan fingerprint density at radius 1 is 0.840 bits per heavy atom. The van der Waals surface area contributed by atoms with Crippen molar-refractivity contribution in [1.82, 2.24) is 10.2 Å². The number of carbonyl (C=O) groups is 1. The van der Waals surface area contributed by atoms with Crippen molar-refractivity contribution in [1.29, 1.82) is 5.26 Å². The summed E-state index contributed by atoms with van der Waals surface area (Å²) in [5.74, 6) is 2.23. The van der Waals surface area contributed by atoms with Crippen LogP contribution in [0.15, 0.2) is 0 Å². The SMILES string of the molecule is N#CN1CC[C@@H](NC(=O)C2CCCCC(C3CCCCCC3)CC2)C1. The van der Waals surface area contributed by atoms with Gasteiger partial charge in [-0.2, -0.15) is 5.26 Å². The standard InChI is InChI=1S/C21H35N3O/c22-16-24-14-13-20(15-24)23-21(25)19-10-6-5-9-18(11-12-19)17-7-3-1-2-4-8-17/h17-20H,1-15H2,(H,23,25)/t18?,19?,20-/m1/s1.